The second-order valence-electron chi connectivity index (χ2n) is 6.97. The molecule has 0 radical (unpaired) electrons. The van der Waals surface area contributed by atoms with E-state index in [0.717, 1.165) is 59.4 Å². The first kappa shape index (κ1) is 18.2. The molecule has 0 saturated heterocycles. The normalized spacial score (nSPS) is 11.3. The second-order valence-corrected chi connectivity index (χ2v) is 6.97. The molecule has 0 aliphatic rings. The Morgan fingerprint density at radius 3 is 2.68 bits per heavy atom. The zero-order valence-electron chi connectivity index (χ0n) is 16.7. The lowest BCUT2D eigenvalue weighted by Gasteiger charge is -2.23. The highest BCUT2D eigenvalue weighted by Gasteiger charge is 2.19. The number of nitrogens with zero attached hydrogens (tertiary/aromatic N) is 6. The first-order valence-electron chi connectivity index (χ1n) is 9.50. The van der Waals surface area contributed by atoms with Crippen LogP contribution in [0.15, 0.2) is 41.1 Å². The Kier molecular flexibility index (Phi) is 4.81. The van der Waals surface area contributed by atoms with Gasteiger partial charge < -0.3 is 9.42 Å². The van der Waals surface area contributed by atoms with Gasteiger partial charge in [0.05, 0.1) is 0 Å². The molecule has 0 aromatic carbocycles. The van der Waals surface area contributed by atoms with Gasteiger partial charge in [-0.1, -0.05) is 18.1 Å². The molecular formula is C21H24N6O. The Morgan fingerprint density at radius 2 is 2.00 bits per heavy atom. The van der Waals surface area contributed by atoms with E-state index < -0.39 is 0 Å². The van der Waals surface area contributed by atoms with Crippen molar-refractivity contribution in [3.05, 3.63) is 59.2 Å². The van der Waals surface area contributed by atoms with Gasteiger partial charge in [0.15, 0.2) is 5.65 Å². The number of likely N-dealkylation sites (N-methyl/N-ethyl adjacent to an activating group) is 1. The van der Waals surface area contributed by atoms with Crippen LogP contribution in [0.25, 0.3) is 17.0 Å². The number of rotatable bonds is 6. The molecule has 7 heteroatoms. The van der Waals surface area contributed by atoms with Crippen LogP contribution in [0.4, 0.5) is 5.82 Å². The fourth-order valence-electron chi connectivity index (χ4n) is 3.49. The molecular weight excluding hydrogens is 352 g/mol. The maximum absolute atomic E-state index is 5.21. The lowest BCUT2D eigenvalue weighted by molar-refractivity contribution is 0.399. The van der Waals surface area contributed by atoms with Crippen molar-refractivity contribution in [3.8, 4) is 11.4 Å². The van der Waals surface area contributed by atoms with Gasteiger partial charge in [-0.05, 0) is 32.4 Å². The van der Waals surface area contributed by atoms with Gasteiger partial charge in [-0.15, -0.1) is 0 Å². The van der Waals surface area contributed by atoms with Crippen LogP contribution in [0, 0.1) is 13.8 Å². The molecule has 28 heavy (non-hydrogen) atoms. The van der Waals surface area contributed by atoms with Gasteiger partial charge in [0, 0.05) is 55.3 Å². The van der Waals surface area contributed by atoms with Crippen molar-refractivity contribution in [2.45, 2.75) is 33.6 Å². The van der Waals surface area contributed by atoms with Crippen LogP contribution < -0.4 is 4.90 Å². The van der Waals surface area contributed by atoms with Crippen molar-refractivity contribution in [3.63, 3.8) is 0 Å². The average Bonchev–Trinajstić information content (AvgIpc) is 3.31. The summed E-state index contributed by atoms with van der Waals surface area (Å²) in [4.78, 5) is 11.4. The topological polar surface area (TPSA) is 72.3 Å². The highest BCUT2D eigenvalue weighted by molar-refractivity contribution is 5.65. The fourth-order valence-corrected chi connectivity index (χ4v) is 3.49. The van der Waals surface area contributed by atoms with Crippen molar-refractivity contribution in [1.29, 1.82) is 0 Å². The number of hydrogen-bond donors (Lipinski definition) is 0. The van der Waals surface area contributed by atoms with Crippen molar-refractivity contribution in [1.82, 2.24) is 24.7 Å². The Hall–Kier alpha value is -3.22. The Balaban J connectivity index is 1.75. The summed E-state index contributed by atoms with van der Waals surface area (Å²) in [7, 11) is 2.10. The van der Waals surface area contributed by atoms with Crippen molar-refractivity contribution in [2.75, 3.05) is 18.5 Å². The number of pyridine rings is 1. The Morgan fingerprint density at radius 1 is 1.14 bits per heavy atom. The molecule has 7 nitrogen and oxygen atoms in total. The van der Waals surface area contributed by atoms with E-state index in [0.29, 0.717) is 0 Å². The predicted molar refractivity (Wildman–Crippen MR) is 109 cm³/mol. The van der Waals surface area contributed by atoms with Crippen LogP contribution >= 0.6 is 0 Å². The van der Waals surface area contributed by atoms with E-state index in [4.69, 9.17) is 14.6 Å². The summed E-state index contributed by atoms with van der Waals surface area (Å²) in [6.45, 7) is 6.92. The monoisotopic (exact) mass is 376 g/mol. The second kappa shape index (κ2) is 7.42. The third-order valence-electron chi connectivity index (χ3n) is 4.92. The molecule has 0 atom stereocenters. The standard InChI is InChI=1S/C21H24N6O/c1-5-17-15(3)23-20-13-18(19-12-14(2)28-25-19)24-27(20)21(17)26(4)11-9-16-8-6-7-10-22-16/h6-8,10,12-13H,5,9,11H2,1-4H3. The first-order valence-corrected chi connectivity index (χ1v) is 9.50. The van der Waals surface area contributed by atoms with Gasteiger partial charge >= 0.3 is 0 Å². The first-order chi connectivity index (χ1) is 13.6. The summed E-state index contributed by atoms with van der Waals surface area (Å²) < 4.78 is 7.13. The number of fused-ring (bicyclic) bond motifs is 1. The summed E-state index contributed by atoms with van der Waals surface area (Å²) in [6, 6.07) is 9.86. The van der Waals surface area contributed by atoms with Crippen LogP contribution in [-0.2, 0) is 12.8 Å². The van der Waals surface area contributed by atoms with Gasteiger partial charge in [-0.3, -0.25) is 4.98 Å². The lowest BCUT2D eigenvalue weighted by Crippen LogP contribution is -2.25. The van der Waals surface area contributed by atoms with E-state index in [1.54, 1.807) is 0 Å². The molecule has 0 spiro atoms. The summed E-state index contributed by atoms with van der Waals surface area (Å²) in [5, 5.41) is 8.89. The average molecular weight is 376 g/mol. The SMILES string of the molecule is CCc1c(C)nc2cc(-c3cc(C)on3)nn2c1N(C)CCc1ccccn1. The molecule has 4 aromatic heterocycles. The van der Waals surface area contributed by atoms with E-state index in [2.05, 4.69) is 42.0 Å². The largest absolute Gasteiger partial charge is 0.361 e. The van der Waals surface area contributed by atoms with Gasteiger partial charge in [-0.2, -0.15) is 9.61 Å². The summed E-state index contributed by atoms with van der Waals surface area (Å²) in [6.07, 6.45) is 3.58. The van der Waals surface area contributed by atoms with Crippen LogP contribution in [0.5, 0.6) is 0 Å². The van der Waals surface area contributed by atoms with Crippen LogP contribution in [0.3, 0.4) is 0 Å². The number of aromatic nitrogens is 5. The Labute approximate surface area is 164 Å². The van der Waals surface area contributed by atoms with E-state index in [1.165, 1.54) is 5.56 Å². The van der Waals surface area contributed by atoms with Crippen LogP contribution in [-0.4, -0.2) is 38.3 Å². The maximum Gasteiger partial charge on any atom is 0.158 e. The van der Waals surface area contributed by atoms with E-state index in [9.17, 15) is 0 Å². The van der Waals surface area contributed by atoms with Crippen molar-refractivity contribution >= 4 is 11.5 Å². The van der Waals surface area contributed by atoms with Gasteiger partial charge in [0.1, 0.15) is 23.0 Å². The molecule has 144 valence electrons. The van der Waals surface area contributed by atoms with Gasteiger partial charge in [0.25, 0.3) is 0 Å². The van der Waals surface area contributed by atoms with Crippen molar-refractivity contribution in [2.24, 2.45) is 0 Å². The minimum absolute atomic E-state index is 0.723. The fraction of sp³-hybridized carbons (Fsp3) is 0.333. The molecule has 4 aromatic rings. The maximum atomic E-state index is 5.21. The quantitative estimate of drug-likeness (QED) is 0.512. The number of hydrogen-bond acceptors (Lipinski definition) is 6. The number of aryl methyl sites for hydroxylation is 2. The molecule has 4 heterocycles. The minimum atomic E-state index is 0.723. The molecule has 0 saturated carbocycles. The van der Waals surface area contributed by atoms with Crippen LogP contribution in [0.1, 0.15) is 29.6 Å². The molecule has 0 N–H and O–H groups in total. The van der Waals surface area contributed by atoms with Gasteiger partial charge in [-0.25, -0.2) is 4.98 Å². The Bertz CT molecular complexity index is 1100. The molecule has 0 unspecified atom stereocenters. The molecule has 0 bridgehead atoms. The van der Waals surface area contributed by atoms with Crippen molar-refractivity contribution < 1.29 is 4.52 Å². The summed E-state index contributed by atoms with van der Waals surface area (Å²) in [5.74, 6) is 1.82. The summed E-state index contributed by atoms with van der Waals surface area (Å²) in [5.41, 5.74) is 5.59. The molecule has 0 aliphatic heterocycles. The zero-order valence-corrected chi connectivity index (χ0v) is 16.7. The molecule has 4 rings (SSSR count). The molecule has 0 fully saturated rings. The third kappa shape index (κ3) is 3.35. The summed E-state index contributed by atoms with van der Waals surface area (Å²) >= 11 is 0. The zero-order chi connectivity index (χ0) is 19.7. The van der Waals surface area contributed by atoms with E-state index in [-0.39, 0.29) is 0 Å². The lowest BCUT2D eigenvalue weighted by atomic mass is 10.1. The molecule has 0 amide bonds. The van der Waals surface area contributed by atoms with Crippen LogP contribution in [0.2, 0.25) is 0 Å². The number of anilines is 1. The van der Waals surface area contributed by atoms with E-state index in [1.807, 2.05) is 41.9 Å². The minimum Gasteiger partial charge on any atom is -0.361 e. The molecule has 0 aliphatic carbocycles. The highest BCUT2D eigenvalue weighted by atomic mass is 16.5. The third-order valence-corrected chi connectivity index (χ3v) is 4.92. The smallest absolute Gasteiger partial charge is 0.158 e. The van der Waals surface area contributed by atoms with E-state index >= 15 is 0 Å². The predicted octanol–water partition coefficient (Wildman–Crippen LogP) is 3.64. The highest BCUT2D eigenvalue weighted by Crippen LogP contribution is 2.27. The van der Waals surface area contributed by atoms with Gasteiger partial charge in [0.2, 0.25) is 0 Å².